The number of furan rings is 1. The Balaban J connectivity index is 0.00000225. The number of nitrogens with one attached hydrogen (secondary N) is 1. The number of rotatable bonds is 5. The van der Waals surface area contributed by atoms with Gasteiger partial charge in [0.25, 0.3) is 0 Å². The summed E-state index contributed by atoms with van der Waals surface area (Å²) in [7, 11) is 0. The van der Waals surface area contributed by atoms with Crippen LogP contribution < -0.4 is 5.32 Å². The number of hydrogen-bond donors (Lipinski definition) is 1. The molecule has 0 spiro atoms. The summed E-state index contributed by atoms with van der Waals surface area (Å²) in [5, 5.41) is 3.56. The molecule has 25 heavy (non-hydrogen) atoms. The molecule has 0 saturated carbocycles. The van der Waals surface area contributed by atoms with Crippen LogP contribution in [0.5, 0.6) is 0 Å². The molecule has 2 fully saturated rings. The average Bonchev–Trinajstić information content (AvgIpc) is 3.23. The minimum atomic E-state index is 0. The maximum atomic E-state index is 5.48. The van der Waals surface area contributed by atoms with E-state index in [-0.39, 0.29) is 28.7 Å². The Bertz CT molecular complexity index is 530. The number of aliphatic imine (C=N–C) groups is 1. The third-order valence-electron chi connectivity index (χ3n) is 4.48. The topological polar surface area (TPSA) is 50.0 Å². The van der Waals surface area contributed by atoms with E-state index in [4.69, 9.17) is 14.1 Å². The highest BCUT2D eigenvalue weighted by Crippen LogP contribution is 2.29. The van der Waals surface area contributed by atoms with Gasteiger partial charge in [0, 0.05) is 55.6 Å². The van der Waals surface area contributed by atoms with Gasteiger partial charge in [0.15, 0.2) is 5.96 Å². The van der Waals surface area contributed by atoms with E-state index in [0.717, 1.165) is 69.7 Å². The fourth-order valence-electron chi connectivity index (χ4n) is 3.16. The van der Waals surface area contributed by atoms with Crippen molar-refractivity contribution in [3.63, 3.8) is 0 Å². The summed E-state index contributed by atoms with van der Waals surface area (Å²) < 4.78 is 11.2. The number of halogens is 1. The standard InChI is InChI=1S/C18H29N3O2S.HI/c1-18(2)14-21(8-11-24-18)17(20-12-15-6-10-22-13-15)19-7-5-16-4-3-9-23-16;/h3-4,9,15H,5-8,10-14H2,1-2H3,(H,19,20);1H. The molecule has 0 bridgehead atoms. The Morgan fingerprint density at radius 2 is 2.36 bits per heavy atom. The molecule has 1 unspecified atom stereocenters. The lowest BCUT2D eigenvalue weighted by Crippen LogP contribution is -2.51. The van der Waals surface area contributed by atoms with Gasteiger partial charge >= 0.3 is 0 Å². The highest BCUT2D eigenvalue weighted by Gasteiger charge is 2.29. The van der Waals surface area contributed by atoms with Gasteiger partial charge in [-0.3, -0.25) is 4.99 Å². The predicted octanol–water partition coefficient (Wildman–Crippen LogP) is 3.25. The number of guanidine groups is 1. The van der Waals surface area contributed by atoms with Gasteiger partial charge in [-0.1, -0.05) is 0 Å². The first kappa shape index (κ1) is 20.9. The van der Waals surface area contributed by atoms with Crippen LogP contribution in [0.25, 0.3) is 0 Å². The quantitative estimate of drug-likeness (QED) is 0.399. The molecule has 1 atom stereocenters. The van der Waals surface area contributed by atoms with Crippen LogP contribution in [0.4, 0.5) is 0 Å². The highest BCUT2D eigenvalue weighted by molar-refractivity contribution is 14.0. The molecule has 1 N–H and O–H groups in total. The predicted molar refractivity (Wildman–Crippen MR) is 115 cm³/mol. The van der Waals surface area contributed by atoms with E-state index in [1.807, 2.05) is 23.9 Å². The van der Waals surface area contributed by atoms with Gasteiger partial charge in [0.1, 0.15) is 5.76 Å². The molecular formula is C18H30IN3O2S. The molecule has 3 heterocycles. The van der Waals surface area contributed by atoms with Crippen LogP contribution in [-0.2, 0) is 11.2 Å². The Kier molecular flexibility index (Phi) is 8.41. The minimum absolute atomic E-state index is 0. The summed E-state index contributed by atoms with van der Waals surface area (Å²) in [6, 6.07) is 3.96. The molecule has 0 aromatic carbocycles. The zero-order chi connectivity index (χ0) is 16.8. The van der Waals surface area contributed by atoms with Crippen molar-refractivity contribution in [2.24, 2.45) is 10.9 Å². The van der Waals surface area contributed by atoms with Gasteiger partial charge in [-0.2, -0.15) is 11.8 Å². The third-order valence-corrected chi connectivity index (χ3v) is 5.78. The summed E-state index contributed by atoms with van der Waals surface area (Å²) in [6.45, 7) is 10.2. The number of hydrogen-bond acceptors (Lipinski definition) is 4. The van der Waals surface area contributed by atoms with Crippen molar-refractivity contribution in [1.29, 1.82) is 0 Å². The van der Waals surface area contributed by atoms with Crippen molar-refractivity contribution in [2.45, 2.75) is 31.4 Å². The second-order valence-electron chi connectivity index (χ2n) is 7.18. The number of nitrogens with zero attached hydrogens (tertiary/aromatic N) is 2. The molecule has 3 rings (SSSR count). The second-order valence-corrected chi connectivity index (χ2v) is 8.98. The first-order valence-electron chi connectivity index (χ1n) is 8.90. The van der Waals surface area contributed by atoms with E-state index in [1.54, 1.807) is 6.26 Å². The van der Waals surface area contributed by atoms with Crippen LogP contribution in [-0.4, -0.2) is 60.8 Å². The lowest BCUT2D eigenvalue weighted by atomic mass is 10.1. The maximum absolute atomic E-state index is 5.48. The van der Waals surface area contributed by atoms with Gasteiger partial charge < -0.3 is 19.4 Å². The van der Waals surface area contributed by atoms with Crippen LogP contribution in [0.2, 0.25) is 0 Å². The fraction of sp³-hybridized carbons (Fsp3) is 0.722. The Labute approximate surface area is 172 Å². The molecule has 0 amide bonds. The van der Waals surface area contributed by atoms with Gasteiger partial charge in [-0.05, 0) is 32.4 Å². The Hall–Kier alpha value is -0.410. The molecule has 0 radical (unpaired) electrons. The summed E-state index contributed by atoms with van der Waals surface area (Å²) in [5.41, 5.74) is 0. The Morgan fingerprint density at radius 1 is 1.48 bits per heavy atom. The van der Waals surface area contributed by atoms with Gasteiger partial charge in [-0.15, -0.1) is 24.0 Å². The molecule has 5 nitrogen and oxygen atoms in total. The second kappa shape index (κ2) is 10.1. The summed E-state index contributed by atoms with van der Waals surface area (Å²) in [6.07, 6.45) is 3.74. The molecule has 1 aromatic rings. The lowest BCUT2D eigenvalue weighted by Gasteiger charge is -2.39. The fourth-order valence-corrected chi connectivity index (χ4v) is 4.27. The van der Waals surface area contributed by atoms with Crippen molar-refractivity contribution < 1.29 is 9.15 Å². The zero-order valence-electron chi connectivity index (χ0n) is 15.2. The molecule has 2 aliphatic heterocycles. The van der Waals surface area contributed by atoms with Crippen molar-refractivity contribution in [3.8, 4) is 0 Å². The van der Waals surface area contributed by atoms with Crippen LogP contribution in [0.15, 0.2) is 27.8 Å². The highest BCUT2D eigenvalue weighted by atomic mass is 127. The van der Waals surface area contributed by atoms with E-state index < -0.39 is 0 Å². The SMILES string of the molecule is CC1(C)CN(C(=NCC2CCOC2)NCCc2ccco2)CCS1.I. The molecule has 142 valence electrons. The average molecular weight is 479 g/mol. The van der Waals surface area contributed by atoms with Crippen LogP contribution in [0.3, 0.4) is 0 Å². The smallest absolute Gasteiger partial charge is 0.194 e. The largest absolute Gasteiger partial charge is 0.469 e. The first-order chi connectivity index (χ1) is 11.6. The van der Waals surface area contributed by atoms with E-state index in [9.17, 15) is 0 Å². The monoisotopic (exact) mass is 479 g/mol. The van der Waals surface area contributed by atoms with E-state index in [2.05, 4.69) is 24.1 Å². The molecule has 7 heteroatoms. The minimum Gasteiger partial charge on any atom is -0.469 e. The van der Waals surface area contributed by atoms with Crippen LogP contribution in [0, 0.1) is 5.92 Å². The normalized spacial score (nSPS) is 23.4. The molecule has 2 saturated heterocycles. The summed E-state index contributed by atoms with van der Waals surface area (Å²) in [5.74, 6) is 3.78. The molecule has 0 aliphatic carbocycles. The summed E-state index contributed by atoms with van der Waals surface area (Å²) in [4.78, 5) is 7.34. The maximum Gasteiger partial charge on any atom is 0.194 e. The van der Waals surface area contributed by atoms with E-state index in [0.29, 0.717) is 5.92 Å². The van der Waals surface area contributed by atoms with Crippen molar-refractivity contribution in [1.82, 2.24) is 10.2 Å². The molecule has 2 aliphatic rings. The third kappa shape index (κ3) is 6.67. The molecule has 1 aromatic heterocycles. The van der Waals surface area contributed by atoms with Crippen LogP contribution in [0.1, 0.15) is 26.0 Å². The summed E-state index contributed by atoms with van der Waals surface area (Å²) >= 11 is 2.05. The van der Waals surface area contributed by atoms with Gasteiger partial charge in [0.05, 0.1) is 12.9 Å². The zero-order valence-corrected chi connectivity index (χ0v) is 18.3. The first-order valence-corrected chi connectivity index (χ1v) is 9.88. The number of thioether (sulfide) groups is 1. The van der Waals surface area contributed by atoms with E-state index >= 15 is 0 Å². The van der Waals surface area contributed by atoms with Crippen LogP contribution >= 0.6 is 35.7 Å². The molecular weight excluding hydrogens is 449 g/mol. The van der Waals surface area contributed by atoms with E-state index in [1.165, 1.54) is 0 Å². The van der Waals surface area contributed by atoms with Gasteiger partial charge in [-0.25, -0.2) is 0 Å². The van der Waals surface area contributed by atoms with Gasteiger partial charge in [0.2, 0.25) is 0 Å². The lowest BCUT2D eigenvalue weighted by molar-refractivity contribution is 0.187. The Morgan fingerprint density at radius 3 is 3.04 bits per heavy atom. The number of ether oxygens (including phenoxy) is 1. The van der Waals surface area contributed by atoms with Crippen molar-refractivity contribution in [2.75, 3.05) is 45.1 Å². The van der Waals surface area contributed by atoms with Crippen molar-refractivity contribution >= 4 is 41.7 Å². The van der Waals surface area contributed by atoms with Crippen molar-refractivity contribution in [3.05, 3.63) is 24.2 Å².